The maximum absolute atomic E-state index is 8.36. The van der Waals surface area contributed by atoms with Gasteiger partial charge in [-0.15, -0.1) is 0 Å². The van der Waals surface area contributed by atoms with E-state index in [9.17, 15) is 0 Å². The first-order valence-electron chi connectivity index (χ1n) is 10.7. The summed E-state index contributed by atoms with van der Waals surface area (Å²) in [4.78, 5) is 21.5. The van der Waals surface area contributed by atoms with Crippen molar-refractivity contribution in [3.05, 3.63) is 59.2 Å². The second-order valence-electron chi connectivity index (χ2n) is 8.67. The first-order valence-corrected chi connectivity index (χ1v) is 10.7. The fourth-order valence-corrected chi connectivity index (χ4v) is 4.48. The Bertz CT molecular complexity index is 1350. The van der Waals surface area contributed by atoms with Crippen LogP contribution in [0.15, 0.2) is 35.0 Å². The summed E-state index contributed by atoms with van der Waals surface area (Å²) < 4.78 is 13.6. The van der Waals surface area contributed by atoms with Gasteiger partial charge in [0.1, 0.15) is 17.1 Å². The molecule has 0 radical (unpaired) electrons. The molecule has 0 spiro atoms. The minimum Gasteiger partial charge on any atom is -0.483 e. The summed E-state index contributed by atoms with van der Waals surface area (Å²) in [6, 6.07) is 7.83. The molecule has 0 aliphatic carbocycles. The second-order valence-corrected chi connectivity index (χ2v) is 8.67. The summed E-state index contributed by atoms with van der Waals surface area (Å²) in [5.41, 5.74) is 3.99. The van der Waals surface area contributed by atoms with Crippen molar-refractivity contribution in [3.63, 3.8) is 0 Å². The van der Waals surface area contributed by atoms with Crippen molar-refractivity contribution in [1.82, 2.24) is 19.7 Å². The molecule has 1 fully saturated rings. The molecule has 1 aliphatic rings. The van der Waals surface area contributed by atoms with E-state index in [1.807, 2.05) is 37.4 Å². The Hall–Kier alpha value is -3.77. The molecule has 0 bridgehead atoms. The predicted octanol–water partition coefficient (Wildman–Crippen LogP) is 4.85. The topological polar surface area (TPSA) is 108 Å². The monoisotopic (exact) mass is 447 g/mol. The molecule has 1 aliphatic heterocycles. The van der Waals surface area contributed by atoms with Crippen LogP contribution >= 0.6 is 0 Å². The third-order valence-corrected chi connectivity index (χ3v) is 5.75. The smallest absolute Gasteiger partial charge is 0.290 e. The van der Waals surface area contributed by atoms with Crippen molar-refractivity contribution < 1.29 is 19.2 Å². The summed E-state index contributed by atoms with van der Waals surface area (Å²) in [7, 11) is 0. The van der Waals surface area contributed by atoms with Gasteiger partial charge >= 0.3 is 0 Å². The van der Waals surface area contributed by atoms with Crippen molar-refractivity contribution >= 4 is 34.1 Å². The number of aryl methyl sites for hydroxylation is 1. The fourth-order valence-electron chi connectivity index (χ4n) is 4.48. The van der Waals surface area contributed by atoms with Crippen LogP contribution in [0.4, 0.5) is 5.69 Å². The van der Waals surface area contributed by atoms with E-state index in [4.69, 9.17) is 30.7 Å². The highest BCUT2D eigenvalue weighted by Gasteiger charge is 2.32. The molecule has 0 saturated carbocycles. The summed E-state index contributed by atoms with van der Waals surface area (Å²) in [6.07, 6.45) is 4.20. The molecule has 4 aromatic rings. The first-order chi connectivity index (χ1) is 15.8. The molecule has 1 N–H and O–H groups in total. The average Bonchev–Trinajstić information content (AvgIpc) is 3.36. The third-order valence-electron chi connectivity index (χ3n) is 5.75. The number of ether oxygens (including phenoxy) is 1. The van der Waals surface area contributed by atoms with Crippen LogP contribution in [-0.4, -0.2) is 43.5 Å². The minimum absolute atomic E-state index is 0.203. The summed E-state index contributed by atoms with van der Waals surface area (Å²) in [5.74, 6) is 1.72. The van der Waals surface area contributed by atoms with Crippen molar-refractivity contribution in [1.29, 1.82) is 0 Å². The van der Waals surface area contributed by atoms with Crippen LogP contribution in [0.5, 0.6) is 0 Å². The summed E-state index contributed by atoms with van der Waals surface area (Å²) in [6.45, 7) is 14.0. The summed E-state index contributed by atoms with van der Waals surface area (Å²) >= 11 is 0. The number of carboxylic acid groups (broad SMARTS) is 1. The van der Waals surface area contributed by atoms with Gasteiger partial charge in [0.25, 0.3) is 6.47 Å². The molecule has 4 heterocycles. The zero-order chi connectivity index (χ0) is 23.6. The van der Waals surface area contributed by atoms with Crippen molar-refractivity contribution in [2.45, 2.75) is 51.7 Å². The van der Waals surface area contributed by atoms with E-state index in [0.717, 1.165) is 52.1 Å². The van der Waals surface area contributed by atoms with Crippen molar-refractivity contribution in [2.24, 2.45) is 0 Å². The fraction of sp³-hybridized carbons (Fsp3) is 0.375. The van der Waals surface area contributed by atoms with E-state index in [2.05, 4.69) is 33.4 Å². The van der Waals surface area contributed by atoms with E-state index in [1.165, 1.54) is 0 Å². The number of pyridine rings is 1. The minimum atomic E-state index is -0.250. The average molecular weight is 447 g/mol. The van der Waals surface area contributed by atoms with Crippen molar-refractivity contribution in [3.8, 4) is 0 Å². The molecule has 170 valence electrons. The SMILES string of the molecule is O=CO.[C-]#[N+]c1ccc2ncc3nc(Cc4cc(C)on4)n(C4CCOC(C)(C)C4)c3c2c1. The number of rotatable bonds is 3. The number of fused-ring (bicyclic) bond motifs is 3. The highest BCUT2D eigenvalue weighted by molar-refractivity contribution is 6.03. The lowest BCUT2D eigenvalue weighted by Crippen LogP contribution is -2.35. The Kier molecular flexibility index (Phi) is 6.11. The van der Waals surface area contributed by atoms with Gasteiger partial charge in [-0.05, 0) is 45.7 Å². The number of imidazole rings is 1. The number of hydrogen-bond donors (Lipinski definition) is 1. The first kappa shape index (κ1) is 22.4. The molecular formula is C24H25N5O4. The summed E-state index contributed by atoms with van der Waals surface area (Å²) in [5, 5.41) is 12.0. The largest absolute Gasteiger partial charge is 0.483 e. The molecule has 1 aromatic carbocycles. The Labute approximate surface area is 190 Å². The van der Waals surface area contributed by atoms with Gasteiger partial charge in [-0.1, -0.05) is 11.2 Å². The Morgan fingerprint density at radius 1 is 1.33 bits per heavy atom. The van der Waals surface area contributed by atoms with Crippen molar-refractivity contribution in [2.75, 3.05) is 6.61 Å². The number of carbonyl (C=O) groups is 1. The van der Waals surface area contributed by atoms with Gasteiger partial charge in [-0.3, -0.25) is 9.78 Å². The Morgan fingerprint density at radius 2 is 2.12 bits per heavy atom. The van der Waals surface area contributed by atoms with Gasteiger partial charge < -0.3 is 18.9 Å². The number of nitrogens with zero attached hydrogens (tertiary/aromatic N) is 5. The zero-order valence-electron chi connectivity index (χ0n) is 18.8. The Morgan fingerprint density at radius 3 is 2.79 bits per heavy atom. The lowest BCUT2D eigenvalue weighted by atomic mass is 9.93. The lowest BCUT2D eigenvalue weighted by Gasteiger charge is -2.37. The van der Waals surface area contributed by atoms with E-state index >= 15 is 0 Å². The van der Waals surface area contributed by atoms with E-state index in [0.29, 0.717) is 18.7 Å². The van der Waals surface area contributed by atoms with E-state index in [-0.39, 0.29) is 18.1 Å². The number of hydrogen-bond acceptors (Lipinski definition) is 6. The number of aromatic nitrogens is 4. The Balaban J connectivity index is 0.000000821. The van der Waals surface area contributed by atoms with Crippen LogP contribution < -0.4 is 0 Å². The number of benzene rings is 1. The quantitative estimate of drug-likeness (QED) is 0.353. The van der Waals surface area contributed by atoms with Gasteiger partial charge in [-0.2, -0.15) is 0 Å². The van der Waals surface area contributed by atoms with Crippen LogP contribution in [0.1, 0.15) is 50.0 Å². The molecule has 9 nitrogen and oxygen atoms in total. The standard InChI is InChI=1S/C23H23N5O2.CH2O2/c1-14-9-16(27-30-14)11-21-26-20-13-25-19-6-5-15(24-4)10-18(19)22(20)28(21)17-7-8-29-23(2,3)12-17;2-1-3/h5-6,9-10,13,17H,7-8,11-12H2,1-3H3;1H,(H,2,3). The molecule has 1 atom stereocenters. The van der Waals surface area contributed by atoms with Crippen LogP contribution in [0, 0.1) is 13.5 Å². The molecule has 1 saturated heterocycles. The normalized spacial score (nSPS) is 17.3. The molecule has 1 unspecified atom stereocenters. The van der Waals surface area contributed by atoms with Gasteiger partial charge in [0, 0.05) is 24.1 Å². The van der Waals surface area contributed by atoms with Crippen LogP contribution in [-0.2, 0) is 16.0 Å². The highest BCUT2D eigenvalue weighted by Crippen LogP contribution is 2.38. The highest BCUT2D eigenvalue weighted by atomic mass is 16.5. The van der Waals surface area contributed by atoms with Gasteiger partial charge in [0.15, 0.2) is 5.69 Å². The van der Waals surface area contributed by atoms with Crippen LogP contribution in [0.3, 0.4) is 0 Å². The molecule has 9 heteroatoms. The van der Waals surface area contributed by atoms with Crippen LogP contribution in [0.25, 0.3) is 26.8 Å². The lowest BCUT2D eigenvalue weighted by molar-refractivity contribution is -0.122. The molecule has 0 amide bonds. The van der Waals surface area contributed by atoms with Gasteiger partial charge in [0.05, 0.1) is 41.5 Å². The zero-order valence-corrected chi connectivity index (χ0v) is 18.8. The second kappa shape index (κ2) is 9.00. The van der Waals surface area contributed by atoms with E-state index < -0.39 is 0 Å². The van der Waals surface area contributed by atoms with Gasteiger partial charge in [-0.25, -0.2) is 9.83 Å². The maximum Gasteiger partial charge on any atom is 0.290 e. The predicted molar refractivity (Wildman–Crippen MR) is 122 cm³/mol. The van der Waals surface area contributed by atoms with Crippen LogP contribution in [0.2, 0.25) is 0 Å². The maximum atomic E-state index is 8.36. The van der Waals surface area contributed by atoms with E-state index in [1.54, 1.807) is 0 Å². The molecule has 33 heavy (non-hydrogen) atoms. The third kappa shape index (κ3) is 4.56. The molecule has 3 aromatic heterocycles. The van der Waals surface area contributed by atoms with Gasteiger partial charge in [0.2, 0.25) is 0 Å². The molecular weight excluding hydrogens is 422 g/mol. The molecule has 5 rings (SSSR count).